The van der Waals surface area contributed by atoms with E-state index >= 15 is 0 Å². The lowest BCUT2D eigenvalue weighted by atomic mass is 9.68. The molecule has 3 unspecified atom stereocenters. The van der Waals surface area contributed by atoms with Crippen molar-refractivity contribution in [3.63, 3.8) is 0 Å². The Labute approximate surface area is 117 Å². The molecule has 0 radical (unpaired) electrons. The second-order valence-corrected chi connectivity index (χ2v) is 7.24. The van der Waals surface area contributed by atoms with Crippen molar-refractivity contribution in [1.29, 1.82) is 0 Å². The summed E-state index contributed by atoms with van der Waals surface area (Å²) in [6, 6.07) is 0.286. The predicted molar refractivity (Wildman–Crippen MR) is 78.7 cm³/mol. The maximum absolute atomic E-state index is 12.4. The molecule has 3 atom stereocenters. The molecule has 3 nitrogen and oxygen atoms in total. The van der Waals surface area contributed by atoms with Crippen LogP contribution in [-0.4, -0.2) is 18.5 Å². The van der Waals surface area contributed by atoms with Gasteiger partial charge in [0.15, 0.2) is 0 Å². The van der Waals surface area contributed by atoms with E-state index in [1.165, 1.54) is 38.5 Å². The Bertz CT molecular complexity index is 314. The van der Waals surface area contributed by atoms with Crippen LogP contribution >= 0.6 is 0 Å². The summed E-state index contributed by atoms with van der Waals surface area (Å²) in [5.74, 6) is 0.952. The molecule has 0 heterocycles. The highest BCUT2D eigenvalue weighted by atomic mass is 16.1. The van der Waals surface area contributed by atoms with Gasteiger partial charge in [-0.1, -0.05) is 39.5 Å². The minimum Gasteiger partial charge on any atom is -0.356 e. The van der Waals surface area contributed by atoms with Gasteiger partial charge in [-0.05, 0) is 37.0 Å². The number of hydrogen-bond acceptors (Lipinski definition) is 2. The van der Waals surface area contributed by atoms with E-state index in [9.17, 15) is 4.79 Å². The highest BCUT2D eigenvalue weighted by molar-refractivity contribution is 5.79. The molecule has 2 aliphatic rings. The Hall–Kier alpha value is -0.570. The van der Waals surface area contributed by atoms with Crippen LogP contribution in [0.25, 0.3) is 0 Å². The van der Waals surface area contributed by atoms with Crippen LogP contribution in [0, 0.1) is 17.3 Å². The summed E-state index contributed by atoms with van der Waals surface area (Å²) in [6.45, 7) is 5.26. The minimum absolute atomic E-state index is 0.164. The molecule has 3 N–H and O–H groups in total. The monoisotopic (exact) mass is 266 g/mol. The van der Waals surface area contributed by atoms with Crippen LogP contribution < -0.4 is 11.1 Å². The van der Waals surface area contributed by atoms with Crippen molar-refractivity contribution in [1.82, 2.24) is 5.32 Å². The summed E-state index contributed by atoms with van der Waals surface area (Å²) in [7, 11) is 0. The van der Waals surface area contributed by atoms with Gasteiger partial charge in [-0.25, -0.2) is 0 Å². The lowest BCUT2D eigenvalue weighted by molar-refractivity contribution is -0.130. The third-order valence-corrected chi connectivity index (χ3v) is 5.33. The van der Waals surface area contributed by atoms with Crippen LogP contribution in [0.2, 0.25) is 0 Å². The first-order valence-electron chi connectivity index (χ1n) is 8.04. The average Bonchev–Trinajstić information content (AvgIpc) is 2.37. The molecule has 0 aromatic heterocycles. The first kappa shape index (κ1) is 14.8. The molecule has 3 heteroatoms. The molecule has 0 saturated heterocycles. The molecular formula is C16H30N2O. The fourth-order valence-corrected chi connectivity index (χ4v) is 3.82. The van der Waals surface area contributed by atoms with E-state index < -0.39 is 0 Å². The lowest BCUT2D eigenvalue weighted by Crippen LogP contribution is -2.46. The third kappa shape index (κ3) is 3.71. The maximum atomic E-state index is 12.4. The van der Waals surface area contributed by atoms with Crippen LogP contribution in [0.15, 0.2) is 0 Å². The number of carbonyl (C=O) groups is 1. The van der Waals surface area contributed by atoms with Crippen molar-refractivity contribution in [3.8, 4) is 0 Å². The van der Waals surface area contributed by atoms with Crippen LogP contribution in [0.1, 0.15) is 65.2 Å². The molecule has 0 aromatic rings. The van der Waals surface area contributed by atoms with Gasteiger partial charge in [0.1, 0.15) is 0 Å². The van der Waals surface area contributed by atoms with Gasteiger partial charge in [-0.15, -0.1) is 0 Å². The molecule has 0 bridgehead atoms. The van der Waals surface area contributed by atoms with E-state index in [1.807, 2.05) is 0 Å². The van der Waals surface area contributed by atoms with Gasteiger partial charge in [0.05, 0.1) is 0 Å². The van der Waals surface area contributed by atoms with Gasteiger partial charge in [0.25, 0.3) is 0 Å². The van der Waals surface area contributed by atoms with Gasteiger partial charge < -0.3 is 11.1 Å². The summed E-state index contributed by atoms with van der Waals surface area (Å²) < 4.78 is 0. The van der Waals surface area contributed by atoms with E-state index in [1.54, 1.807) is 0 Å². The van der Waals surface area contributed by atoms with E-state index in [-0.39, 0.29) is 23.3 Å². The lowest BCUT2D eigenvalue weighted by Gasteiger charge is -2.38. The first-order chi connectivity index (χ1) is 9.00. The molecule has 2 fully saturated rings. The normalized spacial score (nSPS) is 34.8. The van der Waals surface area contributed by atoms with Crippen molar-refractivity contribution < 1.29 is 4.79 Å². The number of nitrogens with one attached hydrogen (secondary N) is 1. The highest BCUT2D eigenvalue weighted by Crippen LogP contribution is 2.40. The largest absolute Gasteiger partial charge is 0.356 e. The van der Waals surface area contributed by atoms with E-state index in [2.05, 4.69) is 19.2 Å². The Balaban J connectivity index is 1.83. The summed E-state index contributed by atoms with van der Waals surface area (Å²) in [6.07, 6.45) is 9.51. The van der Waals surface area contributed by atoms with Crippen molar-refractivity contribution >= 4 is 5.91 Å². The van der Waals surface area contributed by atoms with Gasteiger partial charge in [0, 0.05) is 18.5 Å². The summed E-state index contributed by atoms with van der Waals surface area (Å²) >= 11 is 0. The molecule has 0 aromatic carbocycles. The predicted octanol–water partition coefficient (Wildman–Crippen LogP) is 2.84. The molecule has 19 heavy (non-hydrogen) atoms. The molecule has 2 rings (SSSR count). The Morgan fingerprint density at radius 3 is 2.53 bits per heavy atom. The van der Waals surface area contributed by atoms with E-state index in [0.717, 1.165) is 19.4 Å². The van der Waals surface area contributed by atoms with Gasteiger partial charge in [0.2, 0.25) is 5.91 Å². The molecule has 2 aliphatic carbocycles. The summed E-state index contributed by atoms with van der Waals surface area (Å²) in [5, 5.41) is 3.19. The highest BCUT2D eigenvalue weighted by Gasteiger charge is 2.37. The summed E-state index contributed by atoms with van der Waals surface area (Å²) in [4.78, 5) is 12.4. The fourth-order valence-electron chi connectivity index (χ4n) is 3.82. The Kier molecular flexibility index (Phi) is 4.88. The number of amides is 1. The SMILES string of the molecule is CC1(C)CCCCC1C(=O)NCC1CCCCC1N. The van der Waals surface area contributed by atoms with Crippen molar-refractivity contribution in [2.75, 3.05) is 6.54 Å². The van der Waals surface area contributed by atoms with Crippen LogP contribution in [0.3, 0.4) is 0 Å². The fraction of sp³-hybridized carbons (Fsp3) is 0.938. The number of carbonyl (C=O) groups excluding carboxylic acids is 1. The molecule has 0 aliphatic heterocycles. The second kappa shape index (κ2) is 6.25. The molecule has 110 valence electrons. The number of nitrogens with two attached hydrogens (primary N) is 1. The van der Waals surface area contributed by atoms with Crippen molar-refractivity contribution in [2.45, 2.75) is 71.3 Å². The maximum Gasteiger partial charge on any atom is 0.223 e. The van der Waals surface area contributed by atoms with Crippen molar-refractivity contribution in [3.05, 3.63) is 0 Å². The quantitative estimate of drug-likeness (QED) is 0.825. The van der Waals surface area contributed by atoms with E-state index in [4.69, 9.17) is 5.73 Å². The Morgan fingerprint density at radius 1 is 1.16 bits per heavy atom. The Morgan fingerprint density at radius 2 is 1.84 bits per heavy atom. The zero-order valence-corrected chi connectivity index (χ0v) is 12.6. The first-order valence-corrected chi connectivity index (χ1v) is 8.04. The zero-order valence-electron chi connectivity index (χ0n) is 12.6. The van der Waals surface area contributed by atoms with Gasteiger partial charge in [-0.2, -0.15) is 0 Å². The van der Waals surface area contributed by atoms with Crippen LogP contribution in [-0.2, 0) is 4.79 Å². The van der Waals surface area contributed by atoms with Crippen molar-refractivity contribution in [2.24, 2.45) is 23.0 Å². The smallest absolute Gasteiger partial charge is 0.223 e. The standard InChI is InChI=1S/C16H30N2O/c1-16(2)10-6-5-8-13(16)15(19)18-11-12-7-3-4-9-14(12)17/h12-14H,3-11,17H2,1-2H3,(H,18,19). The van der Waals surface area contributed by atoms with E-state index in [0.29, 0.717) is 5.92 Å². The topological polar surface area (TPSA) is 55.1 Å². The number of hydrogen-bond donors (Lipinski definition) is 2. The average molecular weight is 266 g/mol. The zero-order chi connectivity index (χ0) is 13.9. The summed E-state index contributed by atoms with van der Waals surface area (Å²) in [5.41, 5.74) is 6.31. The minimum atomic E-state index is 0.164. The van der Waals surface area contributed by atoms with Crippen LogP contribution in [0.4, 0.5) is 0 Å². The molecular weight excluding hydrogens is 236 g/mol. The molecule has 1 amide bonds. The number of rotatable bonds is 3. The van der Waals surface area contributed by atoms with Gasteiger partial charge in [-0.3, -0.25) is 4.79 Å². The van der Waals surface area contributed by atoms with Gasteiger partial charge >= 0.3 is 0 Å². The van der Waals surface area contributed by atoms with Crippen LogP contribution in [0.5, 0.6) is 0 Å². The molecule has 0 spiro atoms. The second-order valence-electron chi connectivity index (χ2n) is 7.24. The third-order valence-electron chi connectivity index (χ3n) is 5.33. The molecule has 2 saturated carbocycles.